The van der Waals surface area contributed by atoms with Gasteiger partial charge < -0.3 is 25.6 Å². The fourth-order valence-corrected chi connectivity index (χ4v) is 1.44. The minimum atomic E-state index is -1.16. The SMILES string of the molecule is CC1(OCC(=O)N[C@@H](CCO)C(=O)O)CNC1. The molecule has 1 amide bonds. The van der Waals surface area contributed by atoms with Crippen LogP contribution in [0.1, 0.15) is 13.3 Å². The maximum absolute atomic E-state index is 11.4. The summed E-state index contributed by atoms with van der Waals surface area (Å²) >= 11 is 0. The molecule has 1 rings (SSSR count). The normalized spacial score (nSPS) is 19.2. The molecule has 7 nitrogen and oxygen atoms in total. The lowest BCUT2D eigenvalue weighted by atomic mass is 10.0. The van der Waals surface area contributed by atoms with Crippen LogP contribution in [-0.2, 0) is 14.3 Å². The summed E-state index contributed by atoms with van der Waals surface area (Å²) < 4.78 is 5.36. The van der Waals surface area contributed by atoms with Crippen LogP contribution in [0.25, 0.3) is 0 Å². The number of aliphatic carboxylic acids is 1. The fourth-order valence-electron chi connectivity index (χ4n) is 1.44. The van der Waals surface area contributed by atoms with E-state index in [2.05, 4.69) is 10.6 Å². The van der Waals surface area contributed by atoms with Gasteiger partial charge in [-0.15, -0.1) is 0 Å². The van der Waals surface area contributed by atoms with Gasteiger partial charge in [-0.2, -0.15) is 0 Å². The lowest BCUT2D eigenvalue weighted by molar-refractivity contribution is -0.145. The Morgan fingerprint density at radius 2 is 2.18 bits per heavy atom. The first kappa shape index (κ1) is 13.9. The zero-order valence-electron chi connectivity index (χ0n) is 9.73. The van der Waals surface area contributed by atoms with Gasteiger partial charge in [-0.1, -0.05) is 0 Å². The maximum Gasteiger partial charge on any atom is 0.326 e. The highest BCUT2D eigenvalue weighted by Crippen LogP contribution is 2.14. The van der Waals surface area contributed by atoms with Crippen LogP contribution in [-0.4, -0.2) is 60.0 Å². The Morgan fingerprint density at radius 1 is 1.53 bits per heavy atom. The Labute approximate surface area is 99.1 Å². The van der Waals surface area contributed by atoms with Crippen LogP contribution in [0.5, 0.6) is 0 Å². The van der Waals surface area contributed by atoms with Crippen molar-refractivity contribution in [3.8, 4) is 0 Å². The van der Waals surface area contributed by atoms with Crippen molar-refractivity contribution in [3.63, 3.8) is 0 Å². The second-order valence-electron chi connectivity index (χ2n) is 4.31. The highest BCUT2D eigenvalue weighted by atomic mass is 16.5. The molecule has 0 bridgehead atoms. The lowest BCUT2D eigenvalue weighted by Gasteiger charge is -2.38. The second kappa shape index (κ2) is 5.95. The van der Waals surface area contributed by atoms with E-state index in [1.54, 1.807) is 0 Å². The molecule has 1 aliphatic rings. The van der Waals surface area contributed by atoms with Gasteiger partial charge in [0.2, 0.25) is 5.91 Å². The summed E-state index contributed by atoms with van der Waals surface area (Å²) in [6.45, 7) is 2.77. The van der Waals surface area contributed by atoms with Crippen molar-refractivity contribution in [3.05, 3.63) is 0 Å². The van der Waals surface area contributed by atoms with Gasteiger partial charge in [0.25, 0.3) is 0 Å². The number of amides is 1. The van der Waals surface area contributed by atoms with Crippen molar-refractivity contribution in [2.24, 2.45) is 0 Å². The Bertz CT molecular complexity index is 290. The van der Waals surface area contributed by atoms with Gasteiger partial charge in [-0.3, -0.25) is 4.79 Å². The molecular formula is C10H18N2O5. The van der Waals surface area contributed by atoms with Crippen LogP contribution in [0, 0.1) is 0 Å². The van der Waals surface area contributed by atoms with E-state index in [1.165, 1.54) is 0 Å². The number of rotatable bonds is 7. The van der Waals surface area contributed by atoms with Crippen molar-refractivity contribution >= 4 is 11.9 Å². The maximum atomic E-state index is 11.4. The largest absolute Gasteiger partial charge is 0.480 e. The quantitative estimate of drug-likeness (QED) is 0.427. The van der Waals surface area contributed by atoms with Crippen molar-refractivity contribution in [1.82, 2.24) is 10.6 Å². The molecule has 0 saturated carbocycles. The Morgan fingerprint density at radius 3 is 2.59 bits per heavy atom. The monoisotopic (exact) mass is 246 g/mol. The third kappa shape index (κ3) is 4.29. The van der Waals surface area contributed by atoms with Gasteiger partial charge in [-0.05, 0) is 6.92 Å². The molecule has 17 heavy (non-hydrogen) atoms. The summed E-state index contributed by atoms with van der Waals surface area (Å²) in [7, 11) is 0. The molecule has 4 N–H and O–H groups in total. The third-order valence-corrected chi connectivity index (χ3v) is 2.60. The highest BCUT2D eigenvalue weighted by Gasteiger charge is 2.33. The van der Waals surface area contributed by atoms with Gasteiger partial charge in [-0.25, -0.2) is 4.79 Å². The Balaban J connectivity index is 2.29. The average molecular weight is 246 g/mol. The molecule has 0 aromatic rings. The number of aliphatic hydroxyl groups is 1. The molecule has 1 heterocycles. The van der Waals surface area contributed by atoms with E-state index >= 15 is 0 Å². The van der Waals surface area contributed by atoms with Crippen LogP contribution >= 0.6 is 0 Å². The zero-order valence-corrected chi connectivity index (χ0v) is 9.73. The molecule has 98 valence electrons. The first-order valence-corrected chi connectivity index (χ1v) is 5.44. The van der Waals surface area contributed by atoms with Gasteiger partial charge in [0.05, 0.1) is 5.60 Å². The second-order valence-corrected chi connectivity index (χ2v) is 4.31. The number of carboxylic acid groups (broad SMARTS) is 1. The number of carbonyl (C=O) groups is 2. The minimum absolute atomic E-state index is 0.0140. The van der Waals surface area contributed by atoms with Crippen molar-refractivity contribution in [2.45, 2.75) is 25.0 Å². The number of carbonyl (C=O) groups excluding carboxylic acids is 1. The molecule has 0 unspecified atom stereocenters. The van der Waals surface area contributed by atoms with Gasteiger partial charge in [0.15, 0.2) is 0 Å². The molecule has 7 heteroatoms. The Hall–Kier alpha value is -1.18. The predicted molar refractivity (Wildman–Crippen MR) is 58.5 cm³/mol. The number of ether oxygens (including phenoxy) is 1. The smallest absolute Gasteiger partial charge is 0.326 e. The molecule has 1 atom stereocenters. The average Bonchev–Trinajstić information content (AvgIpc) is 2.23. The summed E-state index contributed by atoms with van der Waals surface area (Å²) in [5, 5.41) is 22.7. The van der Waals surface area contributed by atoms with E-state index in [0.717, 1.165) is 0 Å². The van der Waals surface area contributed by atoms with E-state index < -0.39 is 17.9 Å². The fraction of sp³-hybridized carbons (Fsp3) is 0.800. The van der Waals surface area contributed by atoms with E-state index in [4.69, 9.17) is 14.9 Å². The molecule has 1 aliphatic heterocycles. The van der Waals surface area contributed by atoms with Crippen molar-refractivity contribution < 1.29 is 24.5 Å². The molecule has 0 aliphatic carbocycles. The molecular weight excluding hydrogens is 228 g/mol. The van der Waals surface area contributed by atoms with Crippen LogP contribution in [0.2, 0.25) is 0 Å². The zero-order chi connectivity index (χ0) is 12.9. The third-order valence-electron chi connectivity index (χ3n) is 2.60. The standard InChI is InChI=1S/C10H18N2O5/c1-10(5-11-6-10)17-4-8(14)12-7(2-3-13)9(15)16/h7,11,13H,2-6H2,1H3,(H,12,14)(H,15,16)/t7-/m0/s1. The van der Waals surface area contributed by atoms with E-state index in [9.17, 15) is 9.59 Å². The molecule has 0 aromatic carbocycles. The molecule has 1 fully saturated rings. The molecule has 1 saturated heterocycles. The van der Waals surface area contributed by atoms with Crippen LogP contribution < -0.4 is 10.6 Å². The van der Waals surface area contributed by atoms with Gasteiger partial charge >= 0.3 is 5.97 Å². The van der Waals surface area contributed by atoms with E-state index in [0.29, 0.717) is 13.1 Å². The summed E-state index contributed by atoms with van der Waals surface area (Å²) in [6, 6.07) is -1.07. The van der Waals surface area contributed by atoms with Crippen molar-refractivity contribution in [2.75, 3.05) is 26.3 Å². The van der Waals surface area contributed by atoms with E-state index in [-0.39, 0.29) is 25.2 Å². The highest BCUT2D eigenvalue weighted by molar-refractivity contribution is 5.84. The van der Waals surface area contributed by atoms with Gasteiger partial charge in [0.1, 0.15) is 12.6 Å². The number of nitrogens with one attached hydrogen (secondary N) is 2. The summed E-state index contributed by atoms with van der Waals surface area (Å²) in [4.78, 5) is 22.1. The first-order valence-electron chi connectivity index (χ1n) is 5.44. The summed E-state index contributed by atoms with van der Waals surface area (Å²) in [6.07, 6.45) is -0.0140. The van der Waals surface area contributed by atoms with E-state index in [1.807, 2.05) is 6.92 Å². The molecule has 0 spiro atoms. The molecule has 0 aromatic heterocycles. The molecule has 0 radical (unpaired) electrons. The number of carboxylic acids is 1. The predicted octanol–water partition coefficient (Wildman–Crippen LogP) is -1.68. The summed E-state index contributed by atoms with van der Waals surface area (Å²) in [5.41, 5.74) is -0.340. The van der Waals surface area contributed by atoms with Crippen LogP contribution in [0.3, 0.4) is 0 Å². The lowest BCUT2D eigenvalue weighted by Crippen LogP contribution is -2.60. The van der Waals surface area contributed by atoms with Crippen molar-refractivity contribution in [1.29, 1.82) is 0 Å². The number of aliphatic hydroxyl groups excluding tert-OH is 1. The van der Waals surface area contributed by atoms with Crippen LogP contribution in [0.4, 0.5) is 0 Å². The first-order chi connectivity index (χ1) is 7.97. The number of hydrogen-bond donors (Lipinski definition) is 4. The van der Waals surface area contributed by atoms with Crippen LogP contribution in [0.15, 0.2) is 0 Å². The minimum Gasteiger partial charge on any atom is -0.480 e. The Kier molecular flexibility index (Phi) is 4.86. The topological polar surface area (TPSA) is 108 Å². The van der Waals surface area contributed by atoms with Gasteiger partial charge in [0, 0.05) is 26.1 Å². The number of hydrogen-bond acceptors (Lipinski definition) is 5. The summed E-state index contributed by atoms with van der Waals surface area (Å²) in [5.74, 6) is -1.65.